The summed E-state index contributed by atoms with van der Waals surface area (Å²) in [5.41, 5.74) is 0.649. The van der Waals surface area contributed by atoms with Gasteiger partial charge in [-0.25, -0.2) is 4.79 Å². The largest absolute Gasteiger partial charge is 0.426 e. The van der Waals surface area contributed by atoms with Crippen LogP contribution in [0, 0.1) is 10.1 Å². The second kappa shape index (κ2) is 11.3. The molecule has 0 aliphatic rings. The number of benzene rings is 2. The van der Waals surface area contributed by atoms with Gasteiger partial charge in [-0.1, -0.05) is 12.1 Å². The second-order valence-electron chi connectivity index (χ2n) is 5.57. The number of aliphatic imine (C=N–C) groups is 1. The smallest absolute Gasteiger partial charge is 0.347 e. The molecule has 0 radical (unpaired) electrons. The van der Waals surface area contributed by atoms with Crippen LogP contribution in [0.2, 0.25) is 0 Å². The number of carbonyl (C=O) groups excluding carboxylic acids is 2. The minimum atomic E-state index is -0.890. The molecule has 2 aromatic carbocycles. The zero-order valence-electron chi connectivity index (χ0n) is 15.1. The fourth-order valence-electron chi connectivity index (χ4n) is 2.21. The first-order valence-corrected chi connectivity index (χ1v) is 8.87. The molecule has 0 amide bonds. The molecule has 0 aliphatic carbocycles. The van der Waals surface area contributed by atoms with E-state index in [1.54, 1.807) is 36.4 Å². The molecule has 2 aromatic rings. The predicted octanol–water partition coefficient (Wildman–Crippen LogP) is 3.92. The van der Waals surface area contributed by atoms with Crippen molar-refractivity contribution in [2.45, 2.75) is 19.3 Å². The van der Waals surface area contributed by atoms with Crippen molar-refractivity contribution in [2.75, 3.05) is 6.61 Å². The van der Waals surface area contributed by atoms with E-state index in [4.69, 9.17) is 9.47 Å². The van der Waals surface area contributed by atoms with E-state index in [1.165, 1.54) is 12.1 Å². The number of hydrogen-bond acceptors (Lipinski definition) is 9. The Bertz CT molecular complexity index is 924. The lowest BCUT2D eigenvalue weighted by molar-refractivity contribution is -0.757. The SMILES string of the molecule is O=C(CCCCO[N+](=O)[O-])Oc1ccccc1C(=O)Oc1ccc(N=C=S)cc1. The monoisotopic (exact) mass is 416 g/mol. The Morgan fingerprint density at radius 1 is 1.07 bits per heavy atom. The summed E-state index contributed by atoms with van der Waals surface area (Å²) in [6.45, 7) is -0.0994. The molecule has 29 heavy (non-hydrogen) atoms. The van der Waals surface area contributed by atoms with Gasteiger partial charge in [-0.15, -0.1) is 10.1 Å². The van der Waals surface area contributed by atoms with Crippen molar-refractivity contribution >= 4 is 35.0 Å². The number of carbonyl (C=O) groups is 2. The average Bonchev–Trinajstić information content (AvgIpc) is 2.69. The van der Waals surface area contributed by atoms with Gasteiger partial charge in [0.05, 0.1) is 17.5 Å². The number of unbranched alkanes of at least 4 members (excludes halogenated alkanes) is 1. The first kappa shape index (κ1) is 21.7. The van der Waals surface area contributed by atoms with Crippen LogP contribution in [0.3, 0.4) is 0 Å². The van der Waals surface area contributed by atoms with Crippen LogP contribution in [0.15, 0.2) is 53.5 Å². The number of hydrogen-bond donors (Lipinski definition) is 0. The van der Waals surface area contributed by atoms with Crippen LogP contribution in [0.1, 0.15) is 29.6 Å². The molecule has 9 nitrogen and oxygen atoms in total. The van der Waals surface area contributed by atoms with Gasteiger partial charge in [0.2, 0.25) is 0 Å². The van der Waals surface area contributed by atoms with Crippen molar-refractivity contribution in [3.8, 4) is 11.5 Å². The number of rotatable bonds is 10. The Balaban J connectivity index is 1.94. The molecule has 0 fully saturated rings. The first-order chi connectivity index (χ1) is 14.0. The lowest BCUT2D eigenvalue weighted by Crippen LogP contribution is -2.14. The number of esters is 2. The maximum atomic E-state index is 12.4. The number of thiocarbonyl (C=S) groups is 1. The molecule has 2 rings (SSSR count). The van der Waals surface area contributed by atoms with Gasteiger partial charge in [0.1, 0.15) is 17.1 Å². The van der Waals surface area contributed by atoms with Crippen LogP contribution in [-0.4, -0.2) is 28.8 Å². The summed E-state index contributed by atoms with van der Waals surface area (Å²) in [6.07, 6.45) is 0.686. The summed E-state index contributed by atoms with van der Waals surface area (Å²) in [6, 6.07) is 12.5. The van der Waals surface area contributed by atoms with Gasteiger partial charge < -0.3 is 14.3 Å². The summed E-state index contributed by atoms with van der Waals surface area (Å²) >= 11 is 4.52. The number of nitrogens with zero attached hydrogens (tertiary/aromatic N) is 2. The van der Waals surface area contributed by atoms with Gasteiger partial charge in [0.15, 0.2) is 0 Å². The summed E-state index contributed by atoms with van der Waals surface area (Å²) in [7, 11) is 0. The standard InChI is InChI=1S/C19H16N2O7S/c22-18(7-3-4-12-26-21(24)25)28-17-6-2-1-5-16(17)19(23)27-15-10-8-14(9-11-15)20-13-29/h1-2,5-6,8-11H,3-4,7,12H2. The van der Waals surface area contributed by atoms with Crippen LogP contribution < -0.4 is 9.47 Å². The van der Waals surface area contributed by atoms with Crippen molar-refractivity contribution in [1.82, 2.24) is 0 Å². The highest BCUT2D eigenvalue weighted by Crippen LogP contribution is 2.23. The van der Waals surface area contributed by atoms with E-state index < -0.39 is 17.0 Å². The fourth-order valence-corrected chi connectivity index (χ4v) is 2.32. The number of isothiocyanates is 1. The summed E-state index contributed by atoms with van der Waals surface area (Å²) in [5.74, 6) is -0.927. The Morgan fingerprint density at radius 2 is 1.79 bits per heavy atom. The van der Waals surface area contributed by atoms with Gasteiger partial charge in [0.25, 0.3) is 5.09 Å². The van der Waals surface area contributed by atoms with Crippen LogP contribution in [-0.2, 0) is 9.63 Å². The van der Waals surface area contributed by atoms with Crippen molar-refractivity contribution in [3.63, 3.8) is 0 Å². The molecule has 0 bridgehead atoms. The average molecular weight is 416 g/mol. The molecule has 0 N–H and O–H groups in total. The zero-order valence-corrected chi connectivity index (χ0v) is 15.9. The number of ether oxygens (including phenoxy) is 2. The third kappa shape index (κ3) is 7.49. The van der Waals surface area contributed by atoms with Crippen molar-refractivity contribution < 1.29 is 29.0 Å². The third-order valence-electron chi connectivity index (χ3n) is 3.52. The molecular weight excluding hydrogens is 400 g/mol. The van der Waals surface area contributed by atoms with Crippen LogP contribution in [0.25, 0.3) is 0 Å². The summed E-state index contributed by atoms with van der Waals surface area (Å²) < 4.78 is 10.5. The highest BCUT2D eigenvalue weighted by molar-refractivity contribution is 7.78. The lowest BCUT2D eigenvalue weighted by Gasteiger charge is -2.10. The van der Waals surface area contributed by atoms with Crippen molar-refractivity contribution in [3.05, 3.63) is 64.2 Å². The molecular formula is C19H16N2O7S. The summed E-state index contributed by atoms with van der Waals surface area (Å²) in [5, 5.41) is 11.4. The topological polar surface area (TPSA) is 117 Å². The van der Waals surface area contributed by atoms with Crippen LogP contribution >= 0.6 is 12.2 Å². The van der Waals surface area contributed by atoms with Crippen LogP contribution in [0.5, 0.6) is 11.5 Å². The molecule has 150 valence electrons. The van der Waals surface area contributed by atoms with Gasteiger partial charge in [-0.2, -0.15) is 4.99 Å². The van der Waals surface area contributed by atoms with E-state index in [0.717, 1.165) is 0 Å². The Kier molecular flexibility index (Phi) is 8.43. The lowest BCUT2D eigenvalue weighted by atomic mass is 10.2. The van der Waals surface area contributed by atoms with Gasteiger partial charge in [-0.3, -0.25) is 4.79 Å². The molecule has 0 saturated heterocycles. The Hall–Kier alpha value is -3.62. The molecule has 0 spiro atoms. The number of para-hydroxylation sites is 1. The van der Waals surface area contributed by atoms with E-state index >= 15 is 0 Å². The predicted molar refractivity (Wildman–Crippen MR) is 105 cm³/mol. The molecule has 0 heterocycles. The summed E-state index contributed by atoms with van der Waals surface area (Å²) in [4.78, 5) is 42.4. The minimum Gasteiger partial charge on any atom is -0.426 e. The highest BCUT2D eigenvalue weighted by atomic mass is 32.1. The second-order valence-corrected chi connectivity index (χ2v) is 5.75. The maximum absolute atomic E-state index is 12.4. The van der Waals surface area contributed by atoms with E-state index in [9.17, 15) is 19.7 Å². The zero-order chi connectivity index (χ0) is 21.1. The van der Waals surface area contributed by atoms with Gasteiger partial charge in [-0.05, 0) is 61.5 Å². The van der Waals surface area contributed by atoms with E-state index in [-0.39, 0.29) is 30.1 Å². The quantitative estimate of drug-likeness (QED) is 0.109. The Morgan fingerprint density at radius 3 is 2.48 bits per heavy atom. The van der Waals surface area contributed by atoms with Crippen molar-refractivity contribution in [2.24, 2.45) is 4.99 Å². The molecule has 0 saturated carbocycles. The van der Waals surface area contributed by atoms with Crippen LogP contribution in [0.4, 0.5) is 5.69 Å². The molecule has 0 aliphatic heterocycles. The molecule has 0 unspecified atom stereocenters. The van der Waals surface area contributed by atoms with Gasteiger partial charge in [0, 0.05) is 6.42 Å². The molecule has 10 heteroatoms. The van der Waals surface area contributed by atoms with Crippen molar-refractivity contribution in [1.29, 1.82) is 0 Å². The molecule has 0 atom stereocenters. The van der Waals surface area contributed by atoms with E-state index in [0.29, 0.717) is 18.5 Å². The highest BCUT2D eigenvalue weighted by Gasteiger charge is 2.17. The van der Waals surface area contributed by atoms with Gasteiger partial charge >= 0.3 is 11.9 Å². The molecule has 0 aromatic heterocycles. The first-order valence-electron chi connectivity index (χ1n) is 8.46. The van der Waals surface area contributed by atoms with E-state index in [1.807, 2.05) is 0 Å². The normalized spacial score (nSPS) is 9.79. The van der Waals surface area contributed by atoms with E-state index in [2.05, 4.69) is 27.2 Å². The fraction of sp³-hybridized carbons (Fsp3) is 0.211. The third-order valence-corrected chi connectivity index (χ3v) is 3.62. The maximum Gasteiger partial charge on any atom is 0.347 e. The minimum absolute atomic E-state index is 0.0201. The Labute approximate surface area is 171 Å².